The Hall–Kier alpha value is -2.23. The van der Waals surface area contributed by atoms with Crippen molar-refractivity contribution in [1.82, 2.24) is 14.5 Å². The first kappa shape index (κ1) is 21.0. The van der Waals surface area contributed by atoms with E-state index in [-0.39, 0.29) is 10.8 Å². The van der Waals surface area contributed by atoms with E-state index in [9.17, 15) is 13.2 Å². The Bertz CT molecular complexity index is 1150. The van der Waals surface area contributed by atoms with E-state index in [0.29, 0.717) is 30.9 Å². The van der Waals surface area contributed by atoms with Crippen molar-refractivity contribution in [3.63, 3.8) is 0 Å². The lowest BCUT2D eigenvalue weighted by atomic mass is 10.2. The van der Waals surface area contributed by atoms with E-state index in [1.54, 1.807) is 17.4 Å². The van der Waals surface area contributed by atoms with Gasteiger partial charge in [0, 0.05) is 30.3 Å². The molecule has 9 heteroatoms. The maximum atomic E-state index is 13.0. The monoisotopic (exact) mass is 446 g/mol. The van der Waals surface area contributed by atoms with Crippen LogP contribution in [-0.2, 0) is 34.3 Å². The fourth-order valence-electron chi connectivity index (χ4n) is 3.74. The van der Waals surface area contributed by atoms with E-state index in [0.717, 1.165) is 37.1 Å². The van der Waals surface area contributed by atoms with Crippen LogP contribution in [0.15, 0.2) is 40.6 Å². The van der Waals surface area contributed by atoms with Crippen LogP contribution in [0.5, 0.6) is 0 Å². The van der Waals surface area contributed by atoms with Crippen LogP contribution < -0.4 is 5.14 Å². The molecule has 1 aliphatic carbocycles. The van der Waals surface area contributed by atoms with Gasteiger partial charge in [-0.2, -0.15) is 0 Å². The second-order valence-electron chi connectivity index (χ2n) is 7.71. The van der Waals surface area contributed by atoms with Gasteiger partial charge in [0.15, 0.2) is 0 Å². The summed E-state index contributed by atoms with van der Waals surface area (Å²) >= 11 is 1.67. The number of nitrogens with two attached hydrogens (primary N) is 1. The summed E-state index contributed by atoms with van der Waals surface area (Å²) in [5.41, 5.74) is 1.46. The lowest BCUT2D eigenvalue weighted by Crippen LogP contribution is -2.32. The lowest BCUT2D eigenvalue weighted by Gasteiger charge is -2.22. The van der Waals surface area contributed by atoms with E-state index in [1.807, 2.05) is 16.3 Å². The predicted octanol–water partition coefficient (Wildman–Crippen LogP) is 3.28. The average molecular weight is 447 g/mol. The second kappa shape index (κ2) is 8.49. The number of thiophene rings is 1. The predicted molar refractivity (Wildman–Crippen MR) is 118 cm³/mol. The minimum Gasteiger partial charge on any atom is -0.335 e. The zero-order valence-corrected chi connectivity index (χ0v) is 18.6. The summed E-state index contributed by atoms with van der Waals surface area (Å²) in [5, 5.41) is 7.30. The largest absolute Gasteiger partial charge is 0.335 e. The normalized spacial score (nSPS) is 14.3. The molecule has 1 amide bonds. The van der Waals surface area contributed by atoms with Gasteiger partial charge in [0.1, 0.15) is 5.82 Å². The Kier molecular flexibility index (Phi) is 5.95. The zero-order chi connectivity index (χ0) is 21.3. The Morgan fingerprint density at radius 1 is 1.33 bits per heavy atom. The molecular weight excluding hydrogens is 420 g/mol. The number of aromatic nitrogens is 2. The van der Waals surface area contributed by atoms with Gasteiger partial charge in [0.05, 0.1) is 22.5 Å². The highest BCUT2D eigenvalue weighted by Gasteiger charge is 2.32. The molecule has 0 bridgehead atoms. The molecule has 7 nitrogen and oxygen atoms in total. The van der Waals surface area contributed by atoms with Crippen molar-refractivity contribution >= 4 is 38.3 Å². The number of carbonyl (C=O) groups is 1. The van der Waals surface area contributed by atoms with Crippen molar-refractivity contribution in [2.75, 3.05) is 0 Å². The summed E-state index contributed by atoms with van der Waals surface area (Å²) < 4.78 is 25.4. The molecule has 1 saturated carbocycles. The van der Waals surface area contributed by atoms with Crippen LogP contribution in [0.25, 0.3) is 11.0 Å². The number of rotatable bonds is 9. The highest BCUT2D eigenvalue weighted by atomic mass is 32.2. The molecule has 0 atom stereocenters. The third-order valence-corrected chi connectivity index (χ3v) is 7.12. The van der Waals surface area contributed by atoms with Crippen molar-refractivity contribution in [3.05, 3.63) is 46.4 Å². The maximum Gasteiger partial charge on any atom is 0.238 e. The summed E-state index contributed by atoms with van der Waals surface area (Å²) in [4.78, 5) is 20.9. The molecular formula is C21H26N4O3S2. The molecule has 0 spiro atoms. The molecule has 0 saturated heterocycles. The van der Waals surface area contributed by atoms with Gasteiger partial charge in [-0.25, -0.2) is 18.5 Å². The number of nitrogens with zero attached hydrogens (tertiary/aromatic N) is 3. The summed E-state index contributed by atoms with van der Waals surface area (Å²) in [7, 11) is -3.78. The van der Waals surface area contributed by atoms with Gasteiger partial charge in [0.25, 0.3) is 0 Å². The third kappa shape index (κ3) is 4.58. The minimum absolute atomic E-state index is 0.0506. The molecule has 160 valence electrons. The highest BCUT2D eigenvalue weighted by Crippen LogP contribution is 2.30. The number of primary sulfonamides is 1. The number of amides is 1. The van der Waals surface area contributed by atoms with Gasteiger partial charge in [-0.1, -0.05) is 13.0 Å². The Balaban J connectivity index is 1.54. The summed E-state index contributed by atoms with van der Waals surface area (Å²) in [5.74, 6) is 0.949. The first-order valence-corrected chi connectivity index (χ1v) is 12.6. The summed E-state index contributed by atoms with van der Waals surface area (Å²) in [6.07, 6.45) is 3.96. The molecule has 1 aliphatic rings. The molecule has 0 radical (unpaired) electrons. The molecule has 3 aromatic rings. The highest BCUT2D eigenvalue weighted by molar-refractivity contribution is 7.89. The second-order valence-corrected chi connectivity index (χ2v) is 10.3. The van der Waals surface area contributed by atoms with Crippen molar-refractivity contribution < 1.29 is 13.2 Å². The molecule has 2 aromatic heterocycles. The van der Waals surface area contributed by atoms with Crippen LogP contribution in [0.3, 0.4) is 0 Å². The van der Waals surface area contributed by atoms with E-state index in [1.165, 1.54) is 17.0 Å². The summed E-state index contributed by atoms with van der Waals surface area (Å²) in [6.45, 7) is 3.51. The van der Waals surface area contributed by atoms with E-state index < -0.39 is 10.0 Å². The Morgan fingerprint density at radius 3 is 2.77 bits per heavy atom. The van der Waals surface area contributed by atoms with Crippen LogP contribution in [0, 0.1) is 0 Å². The van der Waals surface area contributed by atoms with Crippen molar-refractivity contribution in [2.45, 2.75) is 63.1 Å². The number of carbonyl (C=O) groups excluding carboxylic acids is 1. The molecule has 1 aromatic carbocycles. The fourth-order valence-corrected chi connectivity index (χ4v) is 4.98. The standard InChI is InChI=1S/C21H26N4O3S2/c1-2-11-24-19-8-7-17(30(22,27)28)13-18(19)23-20(24)9-10-21(26)25(15-5-6-15)14-16-4-3-12-29-16/h3-4,7-8,12-13,15H,2,5-6,9-11,14H2,1H3,(H2,22,27,28). The minimum atomic E-state index is -3.78. The number of aryl methyl sites for hydroxylation is 2. The van der Waals surface area contributed by atoms with Crippen LogP contribution >= 0.6 is 11.3 Å². The van der Waals surface area contributed by atoms with Crippen LogP contribution in [0.4, 0.5) is 0 Å². The summed E-state index contributed by atoms with van der Waals surface area (Å²) in [6, 6.07) is 9.20. The molecule has 0 unspecified atom stereocenters. The van der Waals surface area contributed by atoms with E-state index >= 15 is 0 Å². The van der Waals surface area contributed by atoms with E-state index in [2.05, 4.69) is 22.5 Å². The number of benzene rings is 1. The molecule has 2 N–H and O–H groups in total. The number of fused-ring (bicyclic) bond motifs is 1. The van der Waals surface area contributed by atoms with Gasteiger partial charge in [-0.05, 0) is 48.9 Å². The Morgan fingerprint density at radius 2 is 2.13 bits per heavy atom. The Labute approximate surface area is 180 Å². The smallest absolute Gasteiger partial charge is 0.238 e. The molecule has 1 fully saturated rings. The maximum absolute atomic E-state index is 13.0. The van der Waals surface area contributed by atoms with Crippen molar-refractivity contribution in [1.29, 1.82) is 0 Å². The van der Waals surface area contributed by atoms with Gasteiger partial charge >= 0.3 is 0 Å². The molecule has 30 heavy (non-hydrogen) atoms. The number of imidazole rings is 1. The fraction of sp³-hybridized carbons (Fsp3) is 0.429. The first-order valence-electron chi connectivity index (χ1n) is 10.2. The number of sulfonamides is 1. The molecule has 2 heterocycles. The molecule has 4 rings (SSSR count). The topological polar surface area (TPSA) is 98.3 Å². The molecule has 0 aliphatic heterocycles. The zero-order valence-electron chi connectivity index (χ0n) is 17.0. The van der Waals surface area contributed by atoms with Gasteiger partial charge < -0.3 is 9.47 Å². The van der Waals surface area contributed by atoms with Crippen molar-refractivity contribution in [3.8, 4) is 0 Å². The van der Waals surface area contributed by atoms with Gasteiger partial charge in [-0.3, -0.25) is 4.79 Å². The van der Waals surface area contributed by atoms with Crippen LogP contribution in [0.1, 0.15) is 43.3 Å². The quantitative estimate of drug-likeness (QED) is 0.545. The van der Waals surface area contributed by atoms with E-state index in [4.69, 9.17) is 5.14 Å². The third-order valence-electron chi connectivity index (χ3n) is 5.35. The first-order chi connectivity index (χ1) is 14.4. The van der Waals surface area contributed by atoms with Gasteiger partial charge in [0.2, 0.25) is 15.9 Å². The van der Waals surface area contributed by atoms with Crippen LogP contribution in [0.2, 0.25) is 0 Å². The number of hydrogen-bond donors (Lipinski definition) is 1. The lowest BCUT2D eigenvalue weighted by molar-refractivity contribution is -0.132. The average Bonchev–Trinajstić information content (AvgIpc) is 3.30. The van der Waals surface area contributed by atoms with Crippen LogP contribution in [-0.4, -0.2) is 34.8 Å². The van der Waals surface area contributed by atoms with Crippen molar-refractivity contribution in [2.24, 2.45) is 5.14 Å². The number of hydrogen-bond acceptors (Lipinski definition) is 5. The van der Waals surface area contributed by atoms with Gasteiger partial charge in [-0.15, -0.1) is 11.3 Å². The SMILES string of the molecule is CCCn1c(CCC(=O)N(Cc2cccs2)C2CC2)nc2cc(S(N)(=O)=O)ccc21.